The molecule has 0 heterocycles. The first-order valence-electron chi connectivity index (χ1n) is 1.95. The normalized spacial score (nSPS) is 7.08. The fraction of sp³-hybridized carbons (Fsp3) is 0.667. The Morgan fingerprint density at radius 1 is 1.25 bits per heavy atom. The number of quaternary nitrogens is 2. The van der Waals surface area contributed by atoms with Crippen LogP contribution in [0.1, 0.15) is 13.8 Å². The molecule has 0 spiro atoms. The van der Waals surface area contributed by atoms with Crippen LogP contribution in [0.15, 0.2) is 0 Å². The van der Waals surface area contributed by atoms with Crippen LogP contribution >= 0.6 is 7.82 Å². The monoisotopic (exact) mass is 208 g/mol. The number of ketones is 1. The summed E-state index contributed by atoms with van der Waals surface area (Å²) in [5.74, 6) is 0.167. The second kappa shape index (κ2) is 13.3. The molecule has 0 aromatic rings. The Morgan fingerprint density at radius 3 is 1.25 bits per heavy atom. The van der Waals surface area contributed by atoms with Gasteiger partial charge in [0, 0.05) is 0 Å². The molecule has 0 aliphatic carbocycles. The average Bonchev–Trinajstić information content (AvgIpc) is 1.19. The smallest absolute Gasteiger partial charge is 0.126 e. The molecular weight excluding hydrogens is 191 g/mol. The first-order valence-corrected chi connectivity index (χ1v) is 3.45. The molecule has 80 valence electrons. The molecule has 0 aliphatic rings. The third-order valence-corrected chi connectivity index (χ3v) is 0. The van der Waals surface area contributed by atoms with Crippen molar-refractivity contribution in [2.45, 2.75) is 13.8 Å². The van der Waals surface area contributed by atoms with Crippen molar-refractivity contribution >= 4 is 13.6 Å². The van der Waals surface area contributed by atoms with Crippen LogP contribution in [0.2, 0.25) is 0 Å². The number of carbonyl (C=O) groups excluding carboxylic acids is 1. The van der Waals surface area contributed by atoms with E-state index in [0.717, 1.165) is 0 Å². The summed E-state index contributed by atoms with van der Waals surface area (Å²) in [6, 6.07) is 0. The van der Waals surface area contributed by atoms with Crippen molar-refractivity contribution in [3.63, 3.8) is 0 Å². The van der Waals surface area contributed by atoms with Crippen LogP contribution in [0.4, 0.5) is 0 Å². The number of carbonyl (C=O) groups is 1. The second-order valence-electron chi connectivity index (χ2n) is 1.38. The molecule has 0 aromatic heterocycles. The van der Waals surface area contributed by atoms with Gasteiger partial charge in [-0.15, -0.1) is 0 Å². The minimum Gasteiger partial charge on any atom is -0.790 e. The molecule has 0 unspecified atom stereocenters. The number of phosphoric acid groups is 1. The highest BCUT2D eigenvalue weighted by Crippen LogP contribution is 2.11. The highest BCUT2D eigenvalue weighted by molar-refractivity contribution is 7.42. The maximum Gasteiger partial charge on any atom is 0.126 e. The van der Waals surface area contributed by atoms with Crippen LogP contribution in [0.5, 0.6) is 0 Å². The minimum atomic E-state index is -5.14. The lowest BCUT2D eigenvalue weighted by molar-refractivity contribution is -0.337. The zero-order valence-corrected chi connectivity index (χ0v) is 8.42. The third-order valence-electron chi connectivity index (χ3n) is 0. The van der Waals surface area contributed by atoms with Crippen LogP contribution in [0, 0.1) is 0 Å². The lowest BCUT2D eigenvalue weighted by atomic mass is 10.6. The summed E-state index contributed by atoms with van der Waals surface area (Å²) in [4.78, 5) is 33.7. The maximum atomic E-state index is 9.44. The number of hydrogen-bond donors (Lipinski definition) is 3. The van der Waals surface area contributed by atoms with E-state index >= 15 is 0 Å². The molecule has 0 atom stereocenters. The van der Waals surface area contributed by atoms with Crippen molar-refractivity contribution in [2.75, 3.05) is 0 Å². The molecule has 0 saturated heterocycles. The minimum absolute atomic E-state index is 0. The molecule has 8 nitrogen and oxygen atoms in total. The summed E-state index contributed by atoms with van der Waals surface area (Å²) < 4.78 is 8.66. The van der Waals surface area contributed by atoms with E-state index in [1.54, 1.807) is 0 Å². The van der Waals surface area contributed by atoms with Crippen LogP contribution in [0.25, 0.3) is 0 Å². The summed E-state index contributed by atoms with van der Waals surface area (Å²) in [6.07, 6.45) is 0. The van der Waals surface area contributed by atoms with Crippen LogP contribution in [-0.2, 0) is 9.36 Å². The average molecular weight is 208 g/mol. The maximum absolute atomic E-state index is 9.44. The van der Waals surface area contributed by atoms with E-state index < -0.39 is 7.82 Å². The van der Waals surface area contributed by atoms with Crippen molar-refractivity contribution in [1.29, 1.82) is 0 Å². The molecule has 0 aliphatic heterocycles. The predicted octanol–water partition coefficient (Wildman–Crippen LogP) is -1.67. The van der Waals surface area contributed by atoms with E-state index in [0.29, 0.717) is 0 Å². The Balaban J connectivity index is -0.0000000221. The van der Waals surface area contributed by atoms with Crippen LogP contribution in [-0.4, -0.2) is 16.2 Å². The highest BCUT2D eigenvalue weighted by Gasteiger charge is 1.64. The van der Waals surface area contributed by atoms with Gasteiger partial charge in [-0.3, -0.25) is 0 Å². The molecule has 0 rings (SSSR count). The van der Waals surface area contributed by atoms with Gasteiger partial charge in [0.05, 0.1) is 7.82 Å². The fourth-order valence-electron chi connectivity index (χ4n) is 0. The highest BCUT2D eigenvalue weighted by atomic mass is 31.2. The van der Waals surface area contributed by atoms with Crippen molar-refractivity contribution in [3.8, 4) is 0 Å². The Bertz CT molecular complexity index is 120. The summed E-state index contributed by atoms with van der Waals surface area (Å²) >= 11 is 0. The lowest BCUT2D eigenvalue weighted by Crippen LogP contribution is -2.11. The Labute approximate surface area is 70.3 Å². The summed E-state index contributed by atoms with van der Waals surface area (Å²) in [5.41, 5.74) is 0. The van der Waals surface area contributed by atoms with Gasteiger partial charge in [0.15, 0.2) is 0 Å². The van der Waals surface area contributed by atoms with Gasteiger partial charge in [0.1, 0.15) is 5.78 Å². The van der Waals surface area contributed by atoms with E-state index in [1.807, 2.05) is 0 Å². The van der Waals surface area contributed by atoms with Gasteiger partial charge in [-0.05, 0) is 13.8 Å². The van der Waals surface area contributed by atoms with Gasteiger partial charge in [0.2, 0.25) is 0 Å². The number of hydrogen-bond acceptors (Lipinski definition) is 4. The summed E-state index contributed by atoms with van der Waals surface area (Å²) in [6.45, 7) is 3.06. The summed E-state index contributed by atoms with van der Waals surface area (Å²) in [5, 5.41) is 0. The number of Topliss-reactive ketones (excluding diaryl/α,β-unsaturated/α-hetero) is 1. The molecule has 0 radical (unpaired) electrons. The van der Waals surface area contributed by atoms with Gasteiger partial charge in [-0.2, -0.15) is 0 Å². The molecule has 0 saturated carbocycles. The van der Waals surface area contributed by atoms with E-state index in [1.165, 1.54) is 13.8 Å². The first kappa shape index (κ1) is 29.9. The zero-order chi connectivity index (χ0) is 8.08. The molecule has 0 fully saturated rings. The molecule has 9 heteroatoms. The van der Waals surface area contributed by atoms with Crippen molar-refractivity contribution in [2.24, 2.45) is 0 Å². The zero-order valence-electron chi connectivity index (χ0n) is 7.53. The molecular formula is C3H17N2O6P. The molecule has 12 heavy (non-hydrogen) atoms. The SMILES string of the molecule is CC(C)=O.O.O=P([O-])([O-])O.[NH4+].[NH4+]. The fourth-order valence-corrected chi connectivity index (χ4v) is 0. The van der Waals surface area contributed by atoms with E-state index in [2.05, 4.69) is 0 Å². The van der Waals surface area contributed by atoms with Gasteiger partial charge < -0.3 is 41.8 Å². The molecule has 0 amide bonds. The first-order chi connectivity index (χ1) is 3.73. The van der Waals surface area contributed by atoms with Gasteiger partial charge in [-0.1, -0.05) is 0 Å². The van der Waals surface area contributed by atoms with E-state index in [-0.39, 0.29) is 23.6 Å². The van der Waals surface area contributed by atoms with Gasteiger partial charge in [-0.25, -0.2) is 0 Å². The Morgan fingerprint density at radius 2 is 1.25 bits per heavy atom. The molecule has 0 bridgehead atoms. The topological polar surface area (TPSA) is 205 Å². The van der Waals surface area contributed by atoms with Gasteiger partial charge in [0.25, 0.3) is 0 Å². The molecule has 11 N–H and O–H groups in total. The third kappa shape index (κ3) is 6270. The van der Waals surface area contributed by atoms with Crippen molar-refractivity contribution in [3.05, 3.63) is 0 Å². The summed E-state index contributed by atoms with van der Waals surface area (Å²) in [7, 11) is -5.14. The quantitative estimate of drug-likeness (QED) is 0.398. The van der Waals surface area contributed by atoms with Gasteiger partial charge >= 0.3 is 0 Å². The molecule has 0 aromatic carbocycles. The van der Waals surface area contributed by atoms with Crippen molar-refractivity contribution in [1.82, 2.24) is 12.3 Å². The van der Waals surface area contributed by atoms with E-state index in [4.69, 9.17) is 19.2 Å². The lowest BCUT2D eigenvalue weighted by Gasteiger charge is -2.19. The standard InChI is InChI=1S/C3H6O.2H3N.H3O4P.H2O/c1-3(2)4;;;1-5(2,3)4;/h1-2H3;2*1H3;(H3,1,2,3,4);1H2. The van der Waals surface area contributed by atoms with Crippen LogP contribution in [0.3, 0.4) is 0 Å². The Hall–Kier alpha value is -0.340. The predicted molar refractivity (Wildman–Crippen MR) is 41.8 cm³/mol. The van der Waals surface area contributed by atoms with E-state index in [9.17, 15) is 4.79 Å². The second-order valence-corrected chi connectivity index (χ2v) is 2.31. The number of rotatable bonds is 0. The largest absolute Gasteiger partial charge is 0.790 e. The Kier molecular flexibility index (Phi) is 33.0. The van der Waals surface area contributed by atoms with Crippen LogP contribution < -0.4 is 22.1 Å². The van der Waals surface area contributed by atoms with Crippen molar-refractivity contribution < 1.29 is 29.5 Å².